The van der Waals surface area contributed by atoms with Crippen molar-refractivity contribution >= 4 is 17.8 Å². The summed E-state index contributed by atoms with van der Waals surface area (Å²) in [6.07, 6.45) is 4.14. The first kappa shape index (κ1) is 23.2. The molecule has 1 atom stereocenters. The molecule has 1 saturated heterocycles. The molecule has 1 saturated carbocycles. The van der Waals surface area contributed by atoms with Crippen LogP contribution in [0.15, 0.2) is 6.20 Å². The number of nitrogens with one attached hydrogen (secondary N) is 1. The highest BCUT2D eigenvalue weighted by Gasteiger charge is 2.38. The van der Waals surface area contributed by atoms with Crippen molar-refractivity contribution in [2.75, 3.05) is 31.2 Å². The number of hydrogen-bond donors (Lipinski definition) is 2. The number of aromatic nitrogens is 2. The summed E-state index contributed by atoms with van der Waals surface area (Å²) in [6.45, 7) is 3.21. The van der Waals surface area contributed by atoms with E-state index in [0.29, 0.717) is 0 Å². The summed E-state index contributed by atoms with van der Waals surface area (Å²) in [4.78, 5) is 32.7. The number of rotatable bonds is 3. The van der Waals surface area contributed by atoms with E-state index in [9.17, 15) is 18.0 Å². The molecule has 2 aliphatic carbocycles. The Morgan fingerprint density at radius 1 is 1.16 bits per heavy atom. The molecule has 2 heterocycles. The second-order valence-electron chi connectivity index (χ2n) is 7.97. The Bertz CT molecular complexity index is 778. The van der Waals surface area contributed by atoms with Crippen LogP contribution in [0.4, 0.5) is 19.1 Å². The summed E-state index contributed by atoms with van der Waals surface area (Å²) in [7, 11) is 0. The van der Waals surface area contributed by atoms with Crippen LogP contribution in [-0.4, -0.2) is 65.5 Å². The Balaban J connectivity index is 0.000000339. The summed E-state index contributed by atoms with van der Waals surface area (Å²) < 4.78 is 37.1. The van der Waals surface area contributed by atoms with Gasteiger partial charge in [0.25, 0.3) is 0 Å². The number of aliphatic carboxylic acids is 1. The molecule has 0 spiro atoms. The Morgan fingerprint density at radius 3 is 2.42 bits per heavy atom. The number of carbonyl (C=O) groups is 2. The third-order valence-electron chi connectivity index (χ3n) is 5.75. The molecule has 4 rings (SSSR count). The molecule has 1 amide bonds. The number of fused-ring (bicyclic) bond motifs is 1. The fourth-order valence-electron chi connectivity index (χ4n) is 4.04. The van der Waals surface area contributed by atoms with E-state index < -0.39 is 12.1 Å². The minimum absolute atomic E-state index is 0.239. The molecule has 0 bridgehead atoms. The van der Waals surface area contributed by atoms with Crippen LogP contribution >= 0.6 is 0 Å². The van der Waals surface area contributed by atoms with Gasteiger partial charge in [-0.05, 0) is 37.7 Å². The standard InChI is InChI=1S/C18H26N4O2.C2HF3O2/c23-17(13-3-1-2-4-13)20-15-5-6-16-14(11-15)12-19-18(21-16)22-7-9-24-10-8-22;3-2(4,5)1(6)7/h12-13,15H,1-11H2,(H,20,23);(H,6,7). The second kappa shape index (κ2) is 10.3. The monoisotopic (exact) mass is 444 g/mol. The topological polar surface area (TPSA) is 105 Å². The lowest BCUT2D eigenvalue weighted by Gasteiger charge is -2.29. The van der Waals surface area contributed by atoms with E-state index in [1.54, 1.807) is 0 Å². The molecule has 2 N–H and O–H groups in total. The lowest BCUT2D eigenvalue weighted by atomic mass is 9.92. The number of ether oxygens (including phenoxy) is 1. The van der Waals surface area contributed by atoms with Crippen molar-refractivity contribution in [3.05, 3.63) is 17.5 Å². The largest absolute Gasteiger partial charge is 0.490 e. The number of anilines is 1. The number of nitrogens with zero attached hydrogens (tertiary/aromatic N) is 3. The number of morpholine rings is 1. The second-order valence-corrected chi connectivity index (χ2v) is 7.97. The first-order chi connectivity index (χ1) is 14.7. The molecular weight excluding hydrogens is 417 g/mol. The lowest BCUT2D eigenvalue weighted by Crippen LogP contribution is -2.42. The molecule has 0 radical (unpaired) electrons. The number of carbonyl (C=O) groups excluding carboxylic acids is 1. The quantitative estimate of drug-likeness (QED) is 0.736. The highest BCUT2D eigenvalue weighted by Crippen LogP contribution is 2.26. The Kier molecular flexibility index (Phi) is 7.69. The Labute approximate surface area is 178 Å². The molecular formula is C20H27F3N4O4. The van der Waals surface area contributed by atoms with Crippen molar-refractivity contribution in [2.24, 2.45) is 5.92 Å². The summed E-state index contributed by atoms with van der Waals surface area (Å²) in [5.74, 6) is -1.43. The van der Waals surface area contributed by atoms with Gasteiger partial charge in [-0.25, -0.2) is 14.8 Å². The summed E-state index contributed by atoms with van der Waals surface area (Å²) in [6, 6.07) is 0.239. The number of amides is 1. The van der Waals surface area contributed by atoms with Crippen LogP contribution in [0.25, 0.3) is 0 Å². The van der Waals surface area contributed by atoms with Crippen LogP contribution in [0.5, 0.6) is 0 Å². The molecule has 0 aromatic carbocycles. The van der Waals surface area contributed by atoms with Gasteiger partial charge in [-0.3, -0.25) is 4.79 Å². The predicted molar refractivity (Wildman–Crippen MR) is 105 cm³/mol. The van der Waals surface area contributed by atoms with Crippen LogP contribution in [-0.2, 0) is 27.2 Å². The van der Waals surface area contributed by atoms with Crippen molar-refractivity contribution in [2.45, 2.75) is 57.2 Å². The predicted octanol–water partition coefficient (Wildman–Crippen LogP) is 2.11. The Morgan fingerprint density at radius 2 is 1.81 bits per heavy atom. The highest BCUT2D eigenvalue weighted by atomic mass is 19.4. The molecule has 3 aliphatic rings. The van der Waals surface area contributed by atoms with Gasteiger partial charge < -0.3 is 20.1 Å². The van der Waals surface area contributed by atoms with Crippen molar-refractivity contribution in [1.29, 1.82) is 0 Å². The molecule has 1 unspecified atom stereocenters. The molecule has 1 aliphatic heterocycles. The maximum absolute atomic E-state index is 12.3. The van der Waals surface area contributed by atoms with Gasteiger partial charge in [0.1, 0.15) is 0 Å². The van der Waals surface area contributed by atoms with Crippen molar-refractivity contribution in [1.82, 2.24) is 15.3 Å². The van der Waals surface area contributed by atoms with Crippen LogP contribution < -0.4 is 10.2 Å². The normalized spacial score (nSPS) is 21.6. The summed E-state index contributed by atoms with van der Waals surface area (Å²) >= 11 is 0. The average molecular weight is 444 g/mol. The Hall–Kier alpha value is -2.43. The van der Waals surface area contributed by atoms with Crippen LogP contribution in [0.3, 0.4) is 0 Å². The fourth-order valence-corrected chi connectivity index (χ4v) is 4.04. The van der Waals surface area contributed by atoms with E-state index in [-0.39, 0.29) is 17.9 Å². The third-order valence-corrected chi connectivity index (χ3v) is 5.75. The number of hydrogen-bond acceptors (Lipinski definition) is 6. The number of carboxylic acid groups (broad SMARTS) is 1. The van der Waals surface area contributed by atoms with Crippen molar-refractivity contribution in [3.8, 4) is 0 Å². The number of halogens is 3. The molecule has 11 heteroatoms. The van der Waals surface area contributed by atoms with Gasteiger partial charge >= 0.3 is 12.1 Å². The molecule has 31 heavy (non-hydrogen) atoms. The SMILES string of the molecule is O=C(NC1CCc2nc(N3CCOCC3)ncc2C1)C1CCCC1.O=C(O)C(F)(F)F. The van der Waals surface area contributed by atoms with E-state index in [1.165, 1.54) is 18.4 Å². The van der Waals surface area contributed by atoms with E-state index in [0.717, 1.165) is 70.0 Å². The van der Waals surface area contributed by atoms with E-state index >= 15 is 0 Å². The molecule has 1 aromatic rings. The highest BCUT2D eigenvalue weighted by molar-refractivity contribution is 5.79. The van der Waals surface area contributed by atoms with Gasteiger partial charge in [0.15, 0.2) is 0 Å². The van der Waals surface area contributed by atoms with E-state index in [1.807, 2.05) is 6.20 Å². The molecule has 1 aromatic heterocycles. The summed E-state index contributed by atoms with van der Waals surface area (Å²) in [5, 5.41) is 10.4. The first-order valence-corrected chi connectivity index (χ1v) is 10.5. The zero-order valence-corrected chi connectivity index (χ0v) is 17.2. The third kappa shape index (κ3) is 6.52. The average Bonchev–Trinajstić information content (AvgIpc) is 3.29. The fraction of sp³-hybridized carbons (Fsp3) is 0.700. The van der Waals surface area contributed by atoms with Crippen LogP contribution in [0.2, 0.25) is 0 Å². The summed E-state index contributed by atoms with van der Waals surface area (Å²) in [5.41, 5.74) is 2.34. The maximum Gasteiger partial charge on any atom is 0.490 e. The minimum atomic E-state index is -5.08. The number of carboxylic acids is 1. The van der Waals surface area contributed by atoms with Gasteiger partial charge in [-0.1, -0.05) is 12.8 Å². The van der Waals surface area contributed by atoms with Gasteiger partial charge in [0.05, 0.1) is 13.2 Å². The first-order valence-electron chi connectivity index (χ1n) is 10.5. The number of aryl methyl sites for hydroxylation is 1. The molecule has 172 valence electrons. The van der Waals surface area contributed by atoms with E-state index in [4.69, 9.17) is 19.6 Å². The van der Waals surface area contributed by atoms with Gasteiger partial charge in [0.2, 0.25) is 11.9 Å². The van der Waals surface area contributed by atoms with Crippen molar-refractivity contribution < 1.29 is 32.6 Å². The van der Waals surface area contributed by atoms with Crippen LogP contribution in [0, 0.1) is 5.92 Å². The van der Waals surface area contributed by atoms with E-state index in [2.05, 4.69) is 15.2 Å². The smallest absolute Gasteiger partial charge is 0.475 e. The van der Waals surface area contributed by atoms with Gasteiger partial charge in [-0.15, -0.1) is 0 Å². The van der Waals surface area contributed by atoms with Crippen LogP contribution in [0.1, 0.15) is 43.4 Å². The lowest BCUT2D eigenvalue weighted by molar-refractivity contribution is -0.192. The zero-order chi connectivity index (χ0) is 22.4. The maximum atomic E-state index is 12.3. The molecule has 2 fully saturated rings. The van der Waals surface area contributed by atoms with Gasteiger partial charge in [0, 0.05) is 36.9 Å². The van der Waals surface area contributed by atoms with Gasteiger partial charge in [-0.2, -0.15) is 13.2 Å². The zero-order valence-electron chi connectivity index (χ0n) is 17.2. The number of alkyl halides is 3. The minimum Gasteiger partial charge on any atom is -0.475 e. The molecule has 8 nitrogen and oxygen atoms in total. The van der Waals surface area contributed by atoms with Crippen molar-refractivity contribution in [3.63, 3.8) is 0 Å².